The van der Waals surface area contributed by atoms with Crippen molar-refractivity contribution in [3.63, 3.8) is 0 Å². The van der Waals surface area contributed by atoms with Gasteiger partial charge in [-0.3, -0.25) is 0 Å². The van der Waals surface area contributed by atoms with Gasteiger partial charge in [-0.15, -0.1) is 0 Å². The molecule has 0 aromatic rings. The van der Waals surface area contributed by atoms with Gasteiger partial charge in [-0.25, -0.2) is 0 Å². The van der Waals surface area contributed by atoms with Gasteiger partial charge in [-0.05, 0) is 111 Å². The van der Waals surface area contributed by atoms with Crippen LogP contribution in [0.25, 0.3) is 0 Å². The van der Waals surface area contributed by atoms with Crippen molar-refractivity contribution < 1.29 is 15.0 Å². The molecular formula is C29H46O3. The maximum absolute atomic E-state index is 12.0. The minimum absolute atomic E-state index is 0.0609. The monoisotopic (exact) mass is 442 g/mol. The Bertz CT molecular complexity index is 845. The van der Waals surface area contributed by atoms with E-state index in [9.17, 15) is 15.0 Å². The number of aliphatic hydroxyl groups is 2. The van der Waals surface area contributed by atoms with E-state index in [2.05, 4.69) is 40.7 Å². The van der Waals surface area contributed by atoms with Crippen LogP contribution < -0.4 is 0 Å². The summed E-state index contributed by atoms with van der Waals surface area (Å²) < 4.78 is 0. The van der Waals surface area contributed by atoms with Gasteiger partial charge in [0.05, 0.1) is 11.7 Å². The Labute approximate surface area is 195 Å². The number of rotatable bonds is 1. The number of hydrogen-bond donors (Lipinski definition) is 2. The quantitative estimate of drug-likeness (QED) is 0.382. The van der Waals surface area contributed by atoms with Crippen LogP contribution in [0.1, 0.15) is 106 Å². The fourth-order valence-corrected chi connectivity index (χ4v) is 10.1. The largest absolute Gasteiger partial charge is 0.390 e. The lowest BCUT2D eigenvalue weighted by Gasteiger charge is -2.71. The van der Waals surface area contributed by atoms with E-state index in [1.807, 2.05) is 6.92 Å². The predicted molar refractivity (Wildman–Crippen MR) is 128 cm³/mol. The van der Waals surface area contributed by atoms with E-state index in [1.54, 1.807) is 5.57 Å². The molecule has 0 bridgehead atoms. The molecule has 0 heterocycles. The van der Waals surface area contributed by atoms with Crippen molar-refractivity contribution in [3.05, 3.63) is 11.6 Å². The molecule has 2 N–H and O–H groups in total. The number of carbonyl (C=O) groups excluding carboxylic acids is 1. The highest BCUT2D eigenvalue weighted by atomic mass is 16.3. The van der Waals surface area contributed by atoms with Crippen LogP contribution in [-0.2, 0) is 4.79 Å². The van der Waals surface area contributed by atoms with Crippen molar-refractivity contribution in [3.8, 4) is 0 Å². The summed E-state index contributed by atoms with van der Waals surface area (Å²) in [4.78, 5) is 12.0. The minimum Gasteiger partial charge on any atom is -0.390 e. The van der Waals surface area contributed by atoms with E-state index < -0.39 is 11.7 Å². The highest BCUT2D eigenvalue weighted by Gasteiger charge is 2.68. The molecule has 0 amide bonds. The Morgan fingerprint density at radius 1 is 0.906 bits per heavy atom. The Kier molecular flexibility index (Phi) is 4.85. The molecule has 10 atom stereocenters. The third kappa shape index (κ3) is 2.70. The second kappa shape index (κ2) is 6.72. The van der Waals surface area contributed by atoms with Crippen LogP contribution >= 0.6 is 0 Å². The lowest BCUT2D eigenvalue weighted by molar-refractivity contribution is -0.233. The smallest absolute Gasteiger partial charge is 0.125 e. The van der Waals surface area contributed by atoms with Crippen LogP contribution in [0.2, 0.25) is 0 Å². The van der Waals surface area contributed by atoms with E-state index >= 15 is 0 Å². The van der Waals surface area contributed by atoms with Crippen molar-refractivity contribution in [2.24, 2.45) is 44.8 Å². The summed E-state index contributed by atoms with van der Waals surface area (Å²) in [6.07, 6.45) is 13.9. The van der Waals surface area contributed by atoms with Crippen molar-refractivity contribution in [1.82, 2.24) is 0 Å². The van der Waals surface area contributed by atoms with Gasteiger partial charge in [0, 0.05) is 5.41 Å². The van der Waals surface area contributed by atoms with Gasteiger partial charge in [0.15, 0.2) is 0 Å². The van der Waals surface area contributed by atoms with Crippen molar-refractivity contribution >= 4 is 6.29 Å². The Morgan fingerprint density at radius 2 is 1.59 bits per heavy atom. The van der Waals surface area contributed by atoms with Gasteiger partial charge in [0.25, 0.3) is 0 Å². The molecular weight excluding hydrogens is 396 g/mol. The molecule has 0 aromatic heterocycles. The minimum atomic E-state index is -0.987. The Balaban J connectivity index is 1.57. The summed E-state index contributed by atoms with van der Waals surface area (Å²) >= 11 is 0. The summed E-state index contributed by atoms with van der Waals surface area (Å²) in [6.45, 7) is 14.1. The molecule has 0 saturated heterocycles. The second-order valence-corrected chi connectivity index (χ2v) is 14.3. The zero-order valence-electron chi connectivity index (χ0n) is 21.3. The molecule has 5 aliphatic rings. The van der Waals surface area contributed by atoms with Crippen LogP contribution in [-0.4, -0.2) is 28.2 Å². The van der Waals surface area contributed by atoms with E-state index in [-0.39, 0.29) is 27.6 Å². The van der Waals surface area contributed by atoms with Gasteiger partial charge in [0.1, 0.15) is 6.29 Å². The summed E-state index contributed by atoms with van der Waals surface area (Å²) in [5.74, 6) is 1.22. The fraction of sp³-hybridized carbons (Fsp3) is 0.897. The molecule has 3 heteroatoms. The average Bonchev–Trinajstić information content (AvgIpc) is 2.73. The number of allylic oxidation sites excluding steroid dienone is 2. The van der Waals surface area contributed by atoms with Crippen LogP contribution in [0, 0.1) is 44.8 Å². The van der Waals surface area contributed by atoms with Gasteiger partial charge in [0.2, 0.25) is 0 Å². The normalized spacial score (nSPS) is 59.7. The molecule has 0 unspecified atom stereocenters. The molecule has 4 saturated carbocycles. The number of carbonyl (C=O) groups is 1. The maximum Gasteiger partial charge on any atom is 0.125 e. The Morgan fingerprint density at radius 3 is 2.28 bits per heavy atom. The van der Waals surface area contributed by atoms with E-state index in [1.165, 1.54) is 25.5 Å². The zero-order chi connectivity index (χ0) is 23.4. The number of fused-ring (bicyclic) bond motifs is 7. The maximum atomic E-state index is 12.0. The van der Waals surface area contributed by atoms with Crippen molar-refractivity contribution in [2.45, 2.75) is 117 Å². The standard InChI is InChI=1S/C29H46O3/c1-24(18-30)13-14-25(2)15-16-27(4)19(20(25)17-24)7-8-21-26(3)11-10-23(31)29(6,32)22(26)9-12-28(21,27)5/h7,18,20-23,31-32H,8-17H2,1-6H3/t20-,21+,22+,23-,24-,25+,26+,27+,28+,29+/m0/s1. The van der Waals surface area contributed by atoms with Crippen LogP contribution in [0.4, 0.5) is 0 Å². The van der Waals surface area contributed by atoms with Gasteiger partial charge in [-0.2, -0.15) is 0 Å². The Hall–Kier alpha value is -0.670. The molecule has 5 rings (SSSR count). The summed E-state index contributed by atoms with van der Waals surface area (Å²) in [6, 6.07) is 0. The highest BCUT2D eigenvalue weighted by Crippen LogP contribution is 2.74. The van der Waals surface area contributed by atoms with E-state index in [0.29, 0.717) is 23.7 Å². The topological polar surface area (TPSA) is 57.5 Å². The summed E-state index contributed by atoms with van der Waals surface area (Å²) in [7, 11) is 0. The van der Waals surface area contributed by atoms with Gasteiger partial charge >= 0.3 is 0 Å². The van der Waals surface area contributed by atoms with Crippen molar-refractivity contribution in [2.75, 3.05) is 0 Å². The van der Waals surface area contributed by atoms with Crippen molar-refractivity contribution in [1.29, 1.82) is 0 Å². The molecule has 3 nitrogen and oxygen atoms in total. The lowest BCUT2D eigenvalue weighted by atomic mass is 9.34. The van der Waals surface area contributed by atoms with E-state index in [4.69, 9.17) is 0 Å². The first kappa shape index (κ1) is 23.1. The molecule has 5 aliphatic carbocycles. The summed E-state index contributed by atoms with van der Waals surface area (Å²) in [5.41, 5.74) is 1.26. The predicted octanol–water partition coefficient (Wildman–Crippen LogP) is 6.07. The first-order valence-corrected chi connectivity index (χ1v) is 13.3. The molecule has 0 spiro atoms. The first-order valence-electron chi connectivity index (χ1n) is 13.3. The molecule has 32 heavy (non-hydrogen) atoms. The average molecular weight is 443 g/mol. The zero-order valence-corrected chi connectivity index (χ0v) is 21.3. The highest BCUT2D eigenvalue weighted by molar-refractivity contribution is 5.59. The number of hydrogen-bond acceptors (Lipinski definition) is 3. The van der Waals surface area contributed by atoms with Crippen LogP contribution in [0.15, 0.2) is 11.6 Å². The van der Waals surface area contributed by atoms with Gasteiger partial charge in [-0.1, -0.05) is 46.3 Å². The molecule has 0 aromatic carbocycles. The second-order valence-electron chi connectivity index (χ2n) is 14.3. The SMILES string of the molecule is C[C@]1(C=O)CC[C@]2(C)CC[C@]3(C)C(=CC[C@@H]4[C@@]5(C)CC[C@H](O)[C@](C)(O)[C@@H]5CC[C@]43C)[C@@H]2C1. The third-order valence-corrected chi connectivity index (χ3v) is 12.8. The molecule has 180 valence electrons. The van der Waals surface area contributed by atoms with Crippen LogP contribution in [0.5, 0.6) is 0 Å². The third-order valence-electron chi connectivity index (χ3n) is 12.8. The lowest BCUT2D eigenvalue weighted by Crippen LogP contribution is -2.66. The van der Waals surface area contributed by atoms with Gasteiger partial charge < -0.3 is 15.0 Å². The van der Waals surface area contributed by atoms with Crippen LogP contribution in [0.3, 0.4) is 0 Å². The number of aliphatic hydroxyl groups excluding tert-OH is 1. The molecule has 0 aliphatic heterocycles. The first-order chi connectivity index (χ1) is 14.8. The fourth-order valence-electron chi connectivity index (χ4n) is 10.1. The molecule has 0 radical (unpaired) electrons. The summed E-state index contributed by atoms with van der Waals surface area (Å²) in [5, 5.41) is 22.0. The molecule has 4 fully saturated rings. The van der Waals surface area contributed by atoms with E-state index in [0.717, 1.165) is 38.5 Å². The number of aldehydes is 1.